The van der Waals surface area contributed by atoms with E-state index in [2.05, 4.69) is 26.7 Å². The lowest BCUT2D eigenvalue weighted by Crippen LogP contribution is -2.27. The van der Waals surface area contributed by atoms with Gasteiger partial charge in [-0.3, -0.25) is 4.79 Å². The topological polar surface area (TPSA) is 89.3 Å². The summed E-state index contributed by atoms with van der Waals surface area (Å²) in [7, 11) is 0. The molecule has 1 saturated carbocycles. The third-order valence-corrected chi connectivity index (χ3v) is 5.16. The first kappa shape index (κ1) is 20.9. The van der Waals surface area contributed by atoms with Gasteiger partial charge < -0.3 is 15.2 Å². The zero-order valence-corrected chi connectivity index (χ0v) is 16.3. The quantitative estimate of drug-likeness (QED) is 0.583. The zero-order valence-electron chi connectivity index (χ0n) is 16.3. The first-order valence-electron chi connectivity index (χ1n) is 9.56. The summed E-state index contributed by atoms with van der Waals surface area (Å²) in [5.74, 6) is -0.571. The second kappa shape index (κ2) is 8.03. The van der Waals surface area contributed by atoms with Gasteiger partial charge in [-0.1, -0.05) is 6.58 Å². The Balaban J connectivity index is 1.76. The smallest absolute Gasteiger partial charge is 0.406 e. The van der Waals surface area contributed by atoms with E-state index in [0.717, 1.165) is 17.0 Å². The van der Waals surface area contributed by atoms with Gasteiger partial charge in [0.1, 0.15) is 5.75 Å². The number of ether oxygens (including phenoxy) is 1. The molecular formula is C21H19F3N4O3. The van der Waals surface area contributed by atoms with Crippen LogP contribution >= 0.6 is 0 Å². The fraction of sp³-hybridized carbons (Fsp3) is 0.286. The second-order valence-electron chi connectivity index (χ2n) is 7.24. The summed E-state index contributed by atoms with van der Waals surface area (Å²) in [6, 6.07) is 7.15. The highest BCUT2D eigenvalue weighted by molar-refractivity contribution is 5.88. The van der Waals surface area contributed by atoms with Gasteiger partial charge in [0.15, 0.2) is 5.65 Å². The number of rotatable bonds is 6. The molecule has 1 fully saturated rings. The normalized spacial score (nSPS) is 18.5. The first-order chi connectivity index (χ1) is 14.7. The lowest BCUT2D eigenvalue weighted by atomic mass is 9.77. The Morgan fingerprint density at radius 3 is 2.61 bits per heavy atom. The third kappa shape index (κ3) is 4.38. The van der Waals surface area contributed by atoms with Crippen LogP contribution in [0.25, 0.3) is 16.7 Å². The summed E-state index contributed by atoms with van der Waals surface area (Å²) < 4.78 is 42.7. The number of hydrogen-bond acceptors (Lipinski definition) is 5. The molecular weight excluding hydrogens is 413 g/mol. The van der Waals surface area contributed by atoms with Crippen molar-refractivity contribution in [1.29, 1.82) is 0 Å². The van der Waals surface area contributed by atoms with Gasteiger partial charge >= 0.3 is 6.36 Å². The largest absolute Gasteiger partial charge is 0.573 e. The number of aliphatic hydroxyl groups is 1. The van der Waals surface area contributed by atoms with Crippen LogP contribution in [-0.4, -0.2) is 38.2 Å². The molecule has 0 aliphatic heterocycles. The Morgan fingerprint density at radius 2 is 2.00 bits per heavy atom. The van der Waals surface area contributed by atoms with Gasteiger partial charge in [-0.15, -0.1) is 13.2 Å². The van der Waals surface area contributed by atoms with Crippen molar-refractivity contribution in [3.05, 3.63) is 60.4 Å². The number of carbonyl (C=O) groups excluding carboxylic acids is 1. The maximum absolute atomic E-state index is 12.4. The van der Waals surface area contributed by atoms with E-state index in [9.17, 15) is 23.1 Å². The Bertz CT molecular complexity index is 1120. The van der Waals surface area contributed by atoms with Crippen molar-refractivity contribution in [3.8, 4) is 11.4 Å². The van der Waals surface area contributed by atoms with Crippen molar-refractivity contribution >= 4 is 16.9 Å². The molecule has 1 aliphatic carbocycles. The SMILES string of the molecule is C=CC(=O)NCc1nn(-c2ccc(OC(F)(F)F)cc2)c2nccc(C3CC(O)C3)c12. The summed E-state index contributed by atoms with van der Waals surface area (Å²) in [4.78, 5) is 16.1. The van der Waals surface area contributed by atoms with Crippen LogP contribution in [0.15, 0.2) is 49.2 Å². The highest BCUT2D eigenvalue weighted by Crippen LogP contribution is 2.40. The van der Waals surface area contributed by atoms with Gasteiger partial charge in [0.05, 0.1) is 24.0 Å². The Labute approximate surface area is 175 Å². The average molecular weight is 432 g/mol. The molecule has 0 spiro atoms. The summed E-state index contributed by atoms with van der Waals surface area (Å²) in [5.41, 5.74) is 2.51. The molecule has 0 radical (unpaired) electrons. The minimum absolute atomic E-state index is 0.123. The minimum Gasteiger partial charge on any atom is -0.406 e. The average Bonchev–Trinajstić information content (AvgIpc) is 3.08. The van der Waals surface area contributed by atoms with E-state index in [4.69, 9.17) is 0 Å². The van der Waals surface area contributed by atoms with Crippen LogP contribution in [0.4, 0.5) is 13.2 Å². The lowest BCUT2D eigenvalue weighted by Gasteiger charge is -2.32. The molecule has 7 nitrogen and oxygen atoms in total. The number of benzene rings is 1. The number of pyridine rings is 1. The van der Waals surface area contributed by atoms with Crippen molar-refractivity contribution in [2.45, 2.75) is 37.8 Å². The highest BCUT2D eigenvalue weighted by atomic mass is 19.4. The van der Waals surface area contributed by atoms with Crippen molar-refractivity contribution in [2.75, 3.05) is 0 Å². The molecule has 10 heteroatoms. The Hall–Kier alpha value is -3.40. The monoisotopic (exact) mass is 432 g/mol. The zero-order chi connectivity index (χ0) is 22.2. The molecule has 0 unspecified atom stereocenters. The molecule has 2 heterocycles. The Morgan fingerprint density at radius 1 is 1.29 bits per heavy atom. The molecule has 0 saturated heterocycles. The molecule has 31 heavy (non-hydrogen) atoms. The third-order valence-electron chi connectivity index (χ3n) is 5.16. The molecule has 162 valence electrons. The van der Waals surface area contributed by atoms with E-state index in [-0.39, 0.29) is 30.2 Å². The lowest BCUT2D eigenvalue weighted by molar-refractivity contribution is -0.274. The number of nitrogens with one attached hydrogen (secondary N) is 1. The number of aromatic nitrogens is 3. The number of hydrogen-bond donors (Lipinski definition) is 2. The molecule has 0 atom stereocenters. The van der Waals surface area contributed by atoms with Gasteiger partial charge in [-0.25, -0.2) is 9.67 Å². The standard InChI is InChI=1S/C21H19F3N4O3/c1-2-18(30)26-11-17-19-16(12-9-14(29)10-12)7-8-25-20(19)28(27-17)13-3-5-15(6-4-13)31-21(22,23)24/h2-8,12,14,29H,1,9-11H2,(H,26,30). The summed E-state index contributed by atoms with van der Waals surface area (Å²) in [6.07, 6.45) is -1.11. The van der Waals surface area contributed by atoms with Crippen LogP contribution in [0.5, 0.6) is 5.75 Å². The van der Waals surface area contributed by atoms with Gasteiger partial charge in [0.2, 0.25) is 5.91 Å². The van der Waals surface area contributed by atoms with Crippen LogP contribution in [0.2, 0.25) is 0 Å². The van der Waals surface area contributed by atoms with Gasteiger partial charge in [-0.05, 0) is 60.7 Å². The maximum Gasteiger partial charge on any atom is 0.573 e. The van der Waals surface area contributed by atoms with Gasteiger partial charge in [-0.2, -0.15) is 5.10 Å². The van der Waals surface area contributed by atoms with E-state index in [1.165, 1.54) is 28.9 Å². The van der Waals surface area contributed by atoms with E-state index < -0.39 is 6.36 Å². The number of carbonyl (C=O) groups is 1. The highest BCUT2D eigenvalue weighted by Gasteiger charge is 2.32. The maximum atomic E-state index is 12.4. The van der Waals surface area contributed by atoms with Crippen molar-refractivity contribution in [2.24, 2.45) is 0 Å². The number of alkyl halides is 3. The number of fused-ring (bicyclic) bond motifs is 1. The number of amides is 1. The number of nitrogens with zero attached hydrogens (tertiary/aromatic N) is 3. The molecule has 3 aromatic rings. The van der Waals surface area contributed by atoms with Crippen molar-refractivity contribution in [1.82, 2.24) is 20.1 Å². The molecule has 0 bridgehead atoms. The number of halogens is 3. The van der Waals surface area contributed by atoms with E-state index >= 15 is 0 Å². The molecule has 2 N–H and O–H groups in total. The molecule has 4 rings (SSSR count). The van der Waals surface area contributed by atoms with Crippen molar-refractivity contribution in [3.63, 3.8) is 0 Å². The van der Waals surface area contributed by atoms with Crippen molar-refractivity contribution < 1.29 is 27.8 Å². The Kier molecular flexibility index (Phi) is 5.40. The predicted molar refractivity (Wildman–Crippen MR) is 106 cm³/mol. The van der Waals surface area contributed by atoms with Crippen LogP contribution in [0, 0.1) is 0 Å². The first-order valence-corrected chi connectivity index (χ1v) is 9.56. The number of aliphatic hydroxyl groups excluding tert-OH is 1. The predicted octanol–water partition coefficient (Wildman–Crippen LogP) is 3.36. The minimum atomic E-state index is -4.78. The fourth-order valence-electron chi connectivity index (χ4n) is 3.66. The van der Waals surface area contributed by atoms with E-state index in [1.807, 2.05) is 6.07 Å². The molecule has 1 aromatic carbocycles. The second-order valence-corrected chi connectivity index (χ2v) is 7.24. The van der Waals surface area contributed by atoms with Crippen LogP contribution in [0.1, 0.15) is 30.0 Å². The van der Waals surface area contributed by atoms with E-state index in [0.29, 0.717) is 29.9 Å². The van der Waals surface area contributed by atoms with E-state index in [1.54, 1.807) is 6.20 Å². The van der Waals surface area contributed by atoms with Gasteiger partial charge in [0.25, 0.3) is 0 Å². The molecule has 1 amide bonds. The molecule has 2 aromatic heterocycles. The van der Waals surface area contributed by atoms with Gasteiger partial charge in [0, 0.05) is 11.6 Å². The molecule has 1 aliphatic rings. The summed E-state index contributed by atoms with van der Waals surface area (Å²) in [6.45, 7) is 3.55. The fourth-order valence-corrected chi connectivity index (χ4v) is 3.66. The van der Waals surface area contributed by atoms with Crippen LogP contribution < -0.4 is 10.1 Å². The summed E-state index contributed by atoms with van der Waals surface area (Å²) in [5, 5.41) is 17.7. The van der Waals surface area contributed by atoms with Crippen LogP contribution in [0.3, 0.4) is 0 Å². The van der Waals surface area contributed by atoms with Crippen LogP contribution in [-0.2, 0) is 11.3 Å². The summed E-state index contributed by atoms with van der Waals surface area (Å²) >= 11 is 0.